The molecule has 2 N–H and O–H groups in total. The Balaban J connectivity index is 2.48. The fourth-order valence-corrected chi connectivity index (χ4v) is 1.11. The lowest BCUT2D eigenvalue weighted by Gasteiger charge is -2.04. The van der Waals surface area contributed by atoms with Crippen LogP contribution in [0.1, 0.15) is 5.56 Å². The molecule has 0 aromatic heterocycles. The molecule has 5 heteroatoms. The predicted octanol–water partition coefficient (Wildman–Crippen LogP) is 1.90. The molecule has 1 aliphatic heterocycles. The fraction of sp³-hybridized carbons (Fsp3) is 0.250. The number of aryl methyl sites for hydroxylation is 1. The number of nitrogens with two attached hydrogens (primary N) is 1. The van der Waals surface area contributed by atoms with Gasteiger partial charge < -0.3 is 15.2 Å². The van der Waals surface area contributed by atoms with E-state index in [0.29, 0.717) is 11.3 Å². The molecular weight excluding hydrogens is 180 g/mol. The average Bonchev–Trinajstić information content (AvgIpc) is 2.24. The van der Waals surface area contributed by atoms with E-state index in [1.165, 1.54) is 12.1 Å². The van der Waals surface area contributed by atoms with Crippen LogP contribution in [-0.2, 0) is 0 Å². The molecule has 0 unspecified atom stereocenters. The quantitative estimate of drug-likeness (QED) is 0.631. The lowest BCUT2D eigenvalue weighted by atomic mass is 10.2. The summed E-state index contributed by atoms with van der Waals surface area (Å²) < 4.78 is 33.4. The lowest BCUT2D eigenvalue weighted by Crippen LogP contribution is -2.25. The lowest BCUT2D eigenvalue weighted by molar-refractivity contribution is -0.286. The molecule has 0 fully saturated rings. The number of halogens is 2. The smallest absolute Gasteiger partial charge is 0.398 e. The molecule has 0 amide bonds. The third-order valence-corrected chi connectivity index (χ3v) is 1.79. The van der Waals surface area contributed by atoms with Gasteiger partial charge in [0.15, 0.2) is 11.5 Å². The molecular formula is C8H7F2NO2. The molecule has 1 heterocycles. The van der Waals surface area contributed by atoms with E-state index in [0.717, 1.165) is 0 Å². The van der Waals surface area contributed by atoms with Crippen LogP contribution in [-0.4, -0.2) is 6.29 Å². The third-order valence-electron chi connectivity index (χ3n) is 1.79. The van der Waals surface area contributed by atoms with Crippen LogP contribution in [0, 0.1) is 6.92 Å². The number of hydrogen-bond acceptors (Lipinski definition) is 3. The minimum absolute atomic E-state index is 0.0203. The fourth-order valence-electron chi connectivity index (χ4n) is 1.11. The Kier molecular flexibility index (Phi) is 1.40. The van der Waals surface area contributed by atoms with Gasteiger partial charge in [-0.25, -0.2) is 0 Å². The SMILES string of the molecule is Cc1cc2c(cc1N)OC(F)(F)O2. The summed E-state index contributed by atoms with van der Waals surface area (Å²) in [4.78, 5) is 0. The summed E-state index contributed by atoms with van der Waals surface area (Å²) in [7, 11) is 0. The summed E-state index contributed by atoms with van der Waals surface area (Å²) >= 11 is 0. The number of alkyl halides is 2. The molecule has 1 aliphatic rings. The molecule has 0 saturated carbocycles. The van der Waals surface area contributed by atoms with Crippen molar-refractivity contribution in [3.05, 3.63) is 17.7 Å². The van der Waals surface area contributed by atoms with Crippen molar-refractivity contribution in [2.75, 3.05) is 5.73 Å². The van der Waals surface area contributed by atoms with Crippen LogP contribution in [0.25, 0.3) is 0 Å². The van der Waals surface area contributed by atoms with Crippen LogP contribution in [0.15, 0.2) is 12.1 Å². The van der Waals surface area contributed by atoms with Crippen molar-refractivity contribution in [2.45, 2.75) is 13.2 Å². The Morgan fingerprint density at radius 1 is 1.23 bits per heavy atom. The van der Waals surface area contributed by atoms with Gasteiger partial charge in [-0.15, -0.1) is 8.78 Å². The summed E-state index contributed by atoms with van der Waals surface area (Å²) in [5, 5.41) is 0. The molecule has 70 valence electrons. The van der Waals surface area contributed by atoms with Crippen molar-refractivity contribution in [1.82, 2.24) is 0 Å². The van der Waals surface area contributed by atoms with Crippen LogP contribution in [0.2, 0.25) is 0 Å². The van der Waals surface area contributed by atoms with E-state index >= 15 is 0 Å². The monoisotopic (exact) mass is 187 g/mol. The Morgan fingerprint density at radius 3 is 2.38 bits per heavy atom. The first kappa shape index (κ1) is 8.10. The van der Waals surface area contributed by atoms with Crippen molar-refractivity contribution in [2.24, 2.45) is 0 Å². The maximum atomic E-state index is 12.5. The van der Waals surface area contributed by atoms with Gasteiger partial charge in [0.1, 0.15) is 0 Å². The normalized spacial score (nSPS) is 17.5. The van der Waals surface area contributed by atoms with Gasteiger partial charge in [0.25, 0.3) is 0 Å². The molecule has 1 aromatic rings. The highest BCUT2D eigenvalue weighted by molar-refractivity contribution is 5.58. The van der Waals surface area contributed by atoms with Crippen molar-refractivity contribution < 1.29 is 18.3 Å². The first-order valence-corrected chi connectivity index (χ1v) is 3.64. The summed E-state index contributed by atoms with van der Waals surface area (Å²) in [6.45, 7) is 1.70. The second-order valence-electron chi connectivity index (χ2n) is 2.82. The number of rotatable bonds is 0. The molecule has 13 heavy (non-hydrogen) atoms. The summed E-state index contributed by atoms with van der Waals surface area (Å²) in [6.07, 6.45) is -3.57. The second-order valence-corrected chi connectivity index (χ2v) is 2.82. The Hall–Kier alpha value is -1.52. The maximum absolute atomic E-state index is 12.5. The Labute approximate surface area is 73.1 Å². The van der Waals surface area contributed by atoms with Crippen LogP contribution in [0.4, 0.5) is 14.5 Å². The molecule has 1 aromatic carbocycles. The minimum Gasteiger partial charge on any atom is -0.398 e. The van der Waals surface area contributed by atoms with E-state index in [9.17, 15) is 8.78 Å². The van der Waals surface area contributed by atoms with Crippen molar-refractivity contribution in [3.8, 4) is 11.5 Å². The molecule has 0 aliphatic carbocycles. The first-order chi connectivity index (χ1) is 5.98. The van der Waals surface area contributed by atoms with Gasteiger partial charge >= 0.3 is 6.29 Å². The Morgan fingerprint density at radius 2 is 1.77 bits per heavy atom. The van der Waals surface area contributed by atoms with E-state index < -0.39 is 6.29 Å². The van der Waals surface area contributed by atoms with Crippen LogP contribution in [0.3, 0.4) is 0 Å². The zero-order chi connectivity index (χ0) is 9.64. The van der Waals surface area contributed by atoms with Gasteiger partial charge in [0.2, 0.25) is 0 Å². The number of anilines is 1. The number of hydrogen-bond donors (Lipinski definition) is 1. The highest BCUT2D eigenvalue weighted by Crippen LogP contribution is 2.42. The van der Waals surface area contributed by atoms with Gasteiger partial charge in [0, 0.05) is 11.8 Å². The van der Waals surface area contributed by atoms with Gasteiger partial charge in [-0.05, 0) is 18.6 Å². The zero-order valence-electron chi connectivity index (χ0n) is 6.80. The molecule has 3 nitrogen and oxygen atoms in total. The molecule has 0 atom stereocenters. The van der Waals surface area contributed by atoms with Crippen molar-refractivity contribution >= 4 is 5.69 Å². The number of ether oxygens (including phenoxy) is 2. The Bertz CT molecular complexity index is 332. The summed E-state index contributed by atoms with van der Waals surface area (Å²) in [5.74, 6) is 0.00444. The second kappa shape index (κ2) is 2.25. The van der Waals surface area contributed by atoms with Crippen LogP contribution < -0.4 is 15.2 Å². The van der Waals surface area contributed by atoms with Crippen molar-refractivity contribution in [3.63, 3.8) is 0 Å². The number of nitrogen functional groups attached to an aromatic ring is 1. The van der Waals surface area contributed by atoms with Crippen molar-refractivity contribution in [1.29, 1.82) is 0 Å². The van der Waals surface area contributed by atoms with Gasteiger partial charge in [-0.1, -0.05) is 0 Å². The highest BCUT2D eigenvalue weighted by Gasteiger charge is 2.43. The van der Waals surface area contributed by atoms with Crippen LogP contribution in [0.5, 0.6) is 11.5 Å². The predicted molar refractivity (Wildman–Crippen MR) is 41.8 cm³/mol. The molecule has 2 rings (SSSR count). The summed E-state index contributed by atoms with van der Waals surface area (Å²) in [6, 6.07) is 2.75. The average molecular weight is 187 g/mol. The van der Waals surface area contributed by atoms with E-state index in [1.54, 1.807) is 6.92 Å². The maximum Gasteiger partial charge on any atom is 0.586 e. The highest BCUT2D eigenvalue weighted by atomic mass is 19.3. The third kappa shape index (κ3) is 1.26. The zero-order valence-corrected chi connectivity index (χ0v) is 6.80. The van der Waals surface area contributed by atoms with Gasteiger partial charge in [0.05, 0.1) is 0 Å². The molecule has 0 spiro atoms. The standard InChI is InChI=1S/C8H7F2NO2/c1-4-2-6-7(3-5(4)11)13-8(9,10)12-6/h2-3H,11H2,1H3. The number of benzene rings is 1. The van der Waals surface area contributed by atoms with E-state index in [1.807, 2.05) is 0 Å². The molecule has 0 bridgehead atoms. The minimum atomic E-state index is -3.57. The summed E-state index contributed by atoms with van der Waals surface area (Å²) in [5.41, 5.74) is 6.58. The van der Waals surface area contributed by atoms with Gasteiger partial charge in [-0.2, -0.15) is 0 Å². The van der Waals surface area contributed by atoms with E-state index in [4.69, 9.17) is 5.73 Å². The molecule has 0 radical (unpaired) electrons. The first-order valence-electron chi connectivity index (χ1n) is 3.64. The van der Waals surface area contributed by atoms with Crippen LogP contribution >= 0.6 is 0 Å². The number of fused-ring (bicyclic) bond motifs is 1. The van der Waals surface area contributed by atoms with Gasteiger partial charge in [-0.3, -0.25) is 0 Å². The largest absolute Gasteiger partial charge is 0.586 e. The topological polar surface area (TPSA) is 44.5 Å². The molecule has 0 saturated heterocycles. The van der Waals surface area contributed by atoms with E-state index in [-0.39, 0.29) is 11.5 Å². The van der Waals surface area contributed by atoms with E-state index in [2.05, 4.69) is 9.47 Å².